The Morgan fingerprint density at radius 1 is 1.47 bits per heavy atom. The van der Waals surface area contributed by atoms with Crippen LogP contribution in [0.25, 0.3) is 0 Å². The molecule has 0 radical (unpaired) electrons. The summed E-state index contributed by atoms with van der Waals surface area (Å²) in [5, 5.41) is 12.6. The van der Waals surface area contributed by atoms with Crippen molar-refractivity contribution in [3.05, 3.63) is 0 Å². The third-order valence-corrected chi connectivity index (χ3v) is 4.82. The van der Waals surface area contributed by atoms with Gasteiger partial charge in [-0.05, 0) is 38.1 Å². The number of rotatable bonds is 3. The number of nitrogens with one attached hydrogen (secondary N) is 1. The van der Waals surface area contributed by atoms with E-state index in [4.69, 9.17) is 0 Å². The van der Waals surface area contributed by atoms with Crippen molar-refractivity contribution in [1.29, 1.82) is 0 Å². The summed E-state index contributed by atoms with van der Waals surface area (Å²) in [4.78, 5) is 25.8. The van der Waals surface area contributed by atoms with Crippen LogP contribution in [0.15, 0.2) is 0 Å². The highest BCUT2D eigenvalue weighted by Crippen LogP contribution is 2.36. The van der Waals surface area contributed by atoms with Crippen LogP contribution in [0, 0.1) is 11.3 Å². The zero-order valence-electron chi connectivity index (χ0n) is 11.8. The van der Waals surface area contributed by atoms with Crippen molar-refractivity contribution in [3.8, 4) is 0 Å². The molecule has 0 aromatic rings. The summed E-state index contributed by atoms with van der Waals surface area (Å²) in [6.45, 7) is 6.16. The molecule has 0 saturated carbocycles. The molecule has 2 rings (SSSR count). The van der Waals surface area contributed by atoms with Gasteiger partial charge in [0, 0.05) is 13.1 Å². The van der Waals surface area contributed by atoms with E-state index in [1.54, 1.807) is 4.90 Å². The summed E-state index contributed by atoms with van der Waals surface area (Å²) < 4.78 is 0. The second kappa shape index (κ2) is 5.49. The first-order valence-corrected chi connectivity index (χ1v) is 7.26. The molecule has 1 amide bonds. The lowest BCUT2D eigenvalue weighted by Gasteiger charge is -2.39. The van der Waals surface area contributed by atoms with Crippen LogP contribution in [-0.2, 0) is 9.59 Å². The van der Waals surface area contributed by atoms with Crippen LogP contribution in [0.1, 0.15) is 39.5 Å². The SMILES string of the molecule is CCC1(C(=O)N2CCC(C)C2C(=O)O)CCCNC1. The molecule has 19 heavy (non-hydrogen) atoms. The average molecular weight is 268 g/mol. The lowest BCUT2D eigenvalue weighted by atomic mass is 9.77. The Labute approximate surface area is 114 Å². The lowest BCUT2D eigenvalue weighted by molar-refractivity contribution is -0.155. The minimum atomic E-state index is -0.867. The highest BCUT2D eigenvalue weighted by atomic mass is 16.4. The van der Waals surface area contributed by atoms with E-state index in [0.717, 1.165) is 32.2 Å². The van der Waals surface area contributed by atoms with E-state index in [-0.39, 0.29) is 11.8 Å². The van der Waals surface area contributed by atoms with Gasteiger partial charge in [0.25, 0.3) is 0 Å². The monoisotopic (exact) mass is 268 g/mol. The van der Waals surface area contributed by atoms with Crippen molar-refractivity contribution in [1.82, 2.24) is 10.2 Å². The van der Waals surface area contributed by atoms with E-state index in [1.807, 2.05) is 13.8 Å². The Kier molecular flexibility index (Phi) is 4.13. The second-order valence-electron chi connectivity index (χ2n) is 5.96. The average Bonchev–Trinajstić information content (AvgIpc) is 2.80. The summed E-state index contributed by atoms with van der Waals surface area (Å²) in [5.74, 6) is -0.778. The predicted octanol–water partition coefficient (Wildman–Crippen LogP) is 1.09. The molecule has 0 aliphatic carbocycles. The van der Waals surface area contributed by atoms with Crippen molar-refractivity contribution in [3.63, 3.8) is 0 Å². The number of aliphatic carboxylic acids is 1. The first kappa shape index (κ1) is 14.3. The zero-order chi connectivity index (χ0) is 14.0. The fraction of sp³-hybridized carbons (Fsp3) is 0.857. The van der Waals surface area contributed by atoms with Gasteiger partial charge in [-0.2, -0.15) is 0 Å². The van der Waals surface area contributed by atoms with Gasteiger partial charge in [-0.15, -0.1) is 0 Å². The highest BCUT2D eigenvalue weighted by Gasteiger charge is 2.47. The van der Waals surface area contributed by atoms with E-state index in [9.17, 15) is 14.7 Å². The summed E-state index contributed by atoms with van der Waals surface area (Å²) >= 11 is 0. The van der Waals surface area contributed by atoms with Crippen LogP contribution < -0.4 is 5.32 Å². The molecule has 2 aliphatic rings. The number of carbonyl (C=O) groups excluding carboxylic acids is 1. The molecular formula is C14H24N2O3. The Bertz CT molecular complexity index is 364. The quantitative estimate of drug-likeness (QED) is 0.804. The fourth-order valence-electron chi connectivity index (χ4n) is 3.46. The number of carboxylic acid groups (broad SMARTS) is 1. The number of likely N-dealkylation sites (tertiary alicyclic amines) is 1. The summed E-state index contributed by atoms with van der Waals surface area (Å²) in [6, 6.07) is -0.641. The number of nitrogens with zero attached hydrogens (tertiary/aromatic N) is 1. The maximum atomic E-state index is 12.8. The van der Waals surface area contributed by atoms with Crippen LogP contribution in [0.4, 0.5) is 0 Å². The third kappa shape index (κ3) is 2.48. The van der Waals surface area contributed by atoms with E-state index in [1.165, 1.54) is 0 Å². The van der Waals surface area contributed by atoms with Crippen molar-refractivity contribution in [2.45, 2.75) is 45.6 Å². The molecule has 0 bridgehead atoms. The van der Waals surface area contributed by atoms with Crippen LogP contribution in [-0.4, -0.2) is 47.6 Å². The molecule has 108 valence electrons. The summed E-state index contributed by atoms with van der Waals surface area (Å²) in [7, 11) is 0. The fourth-order valence-corrected chi connectivity index (χ4v) is 3.46. The minimum absolute atomic E-state index is 0.0407. The van der Waals surface area contributed by atoms with Gasteiger partial charge in [-0.3, -0.25) is 4.79 Å². The minimum Gasteiger partial charge on any atom is -0.480 e. The maximum absolute atomic E-state index is 12.8. The van der Waals surface area contributed by atoms with Crippen LogP contribution in [0.5, 0.6) is 0 Å². The molecule has 2 heterocycles. The Morgan fingerprint density at radius 2 is 2.21 bits per heavy atom. The first-order valence-electron chi connectivity index (χ1n) is 7.26. The normalized spacial score (nSPS) is 35.4. The van der Waals surface area contributed by atoms with Crippen LogP contribution >= 0.6 is 0 Å². The zero-order valence-corrected chi connectivity index (χ0v) is 11.8. The van der Waals surface area contributed by atoms with Gasteiger partial charge in [-0.1, -0.05) is 13.8 Å². The molecule has 2 aliphatic heterocycles. The number of piperidine rings is 1. The van der Waals surface area contributed by atoms with Crippen LogP contribution in [0.2, 0.25) is 0 Å². The number of amides is 1. The standard InChI is InChI=1S/C14H24N2O3/c1-3-14(6-4-7-15-9-14)13(19)16-8-5-10(2)11(16)12(17)18/h10-11,15H,3-9H2,1-2H3,(H,17,18). The van der Waals surface area contributed by atoms with Crippen molar-refractivity contribution in [2.75, 3.05) is 19.6 Å². The molecule has 3 atom stereocenters. The molecule has 0 aromatic carbocycles. The molecule has 5 nitrogen and oxygen atoms in total. The van der Waals surface area contributed by atoms with Crippen molar-refractivity contribution >= 4 is 11.9 Å². The van der Waals surface area contributed by atoms with Crippen molar-refractivity contribution in [2.24, 2.45) is 11.3 Å². The van der Waals surface area contributed by atoms with Gasteiger partial charge in [0.15, 0.2) is 0 Å². The summed E-state index contributed by atoms with van der Waals surface area (Å²) in [6.07, 6.45) is 3.42. The Hall–Kier alpha value is -1.10. The van der Waals surface area contributed by atoms with Gasteiger partial charge in [0.2, 0.25) is 5.91 Å². The molecule has 2 saturated heterocycles. The second-order valence-corrected chi connectivity index (χ2v) is 5.96. The molecule has 0 aromatic heterocycles. The number of carboxylic acids is 1. The molecule has 3 unspecified atom stereocenters. The lowest BCUT2D eigenvalue weighted by Crippen LogP contribution is -2.54. The smallest absolute Gasteiger partial charge is 0.326 e. The molecular weight excluding hydrogens is 244 g/mol. The first-order chi connectivity index (χ1) is 9.02. The van der Waals surface area contributed by atoms with Crippen molar-refractivity contribution < 1.29 is 14.7 Å². The van der Waals surface area contributed by atoms with E-state index >= 15 is 0 Å². The van der Waals surface area contributed by atoms with Gasteiger partial charge >= 0.3 is 5.97 Å². The predicted molar refractivity (Wildman–Crippen MR) is 71.7 cm³/mol. The topological polar surface area (TPSA) is 69.6 Å². The van der Waals surface area contributed by atoms with Gasteiger partial charge in [-0.25, -0.2) is 4.79 Å². The van der Waals surface area contributed by atoms with Crippen LogP contribution in [0.3, 0.4) is 0 Å². The number of hydrogen-bond donors (Lipinski definition) is 2. The van der Waals surface area contributed by atoms with E-state index in [2.05, 4.69) is 5.32 Å². The maximum Gasteiger partial charge on any atom is 0.326 e. The molecule has 2 fully saturated rings. The number of hydrogen-bond acceptors (Lipinski definition) is 3. The summed E-state index contributed by atoms with van der Waals surface area (Å²) in [5.41, 5.74) is -0.393. The third-order valence-electron chi connectivity index (χ3n) is 4.82. The largest absolute Gasteiger partial charge is 0.480 e. The Morgan fingerprint density at radius 3 is 2.74 bits per heavy atom. The molecule has 2 N–H and O–H groups in total. The van der Waals surface area contributed by atoms with E-state index in [0.29, 0.717) is 13.1 Å². The van der Waals surface area contributed by atoms with Gasteiger partial charge in [0.1, 0.15) is 6.04 Å². The van der Waals surface area contributed by atoms with Gasteiger partial charge in [0.05, 0.1) is 5.41 Å². The number of carbonyl (C=O) groups is 2. The molecule has 5 heteroatoms. The van der Waals surface area contributed by atoms with E-state index < -0.39 is 17.4 Å². The Balaban J connectivity index is 2.20. The van der Waals surface area contributed by atoms with Gasteiger partial charge < -0.3 is 15.3 Å². The molecule has 0 spiro atoms. The highest BCUT2D eigenvalue weighted by molar-refractivity contribution is 5.88.